The Hall–Kier alpha value is -3.65. The number of likely N-dealkylation sites (N-methyl/N-ethyl adjacent to an activating group) is 1. The highest BCUT2D eigenvalue weighted by molar-refractivity contribution is 8.00. The van der Waals surface area contributed by atoms with Crippen molar-refractivity contribution < 1.29 is 43.8 Å². The summed E-state index contributed by atoms with van der Waals surface area (Å²) in [6.45, 7) is 1.82. The molecule has 36 heavy (non-hydrogen) atoms. The first-order valence-corrected chi connectivity index (χ1v) is 12.0. The molecule has 0 aliphatic rings. The minimum Gasteiger partial charge on any atom is -0.480 e. The van der Waals surface area contributed by atoms with E-state index in [1.54, 1.807) is 6.92 Å². The minimum atomic E-state index is -1.53. The summed E-state index contributed by atoms with van der Waals surface area (Å²) in [4.78, 5) is 64.7. The summed E-state index contributed by atoms with van der Waals surface area (Å²) in [5.74, 6) is -3.79. The summed E-state index contributed by atoms with van der Waals surface area (Å²) < 4.78 is 4.97. The first-order valence-electron chi connectivity index (χ1n) is 10.8. The van der Waals surface area contributed by atoms with Crippen molar-refractivity contribution in [3.8, 4) is 0 Å². The lowest BCUT2D eigenvalue weighted by atomic mass is 10.1. The van der Waals surface area contributed by atoms with Crippen molar-refractivity contribution in [1.82, 2.24) is 10.2 Å². The Labute approximate surface area is 212 Å². The van der Waals surface area contributed by atoms with Crippen LogP contribution in [0.5, 0.6) is 0 Å². The molecule has 0 spiro atoms. The van der Waals surface area contributed by atoms with Crippen molar-refractivity contribution in [2.75, 3.05) is 25.2 Å². The van der Waals surface area contributed by atoms with E-state index in [-0.39, 0.29) is 43.3 Å². The third kappa shape index (κ3) is 11.2. The fourth-order valence-electron chi connectivity index (χ4n) is 2.55. The van der Waals surface area contributed by atoms with E-state index in [4.69, 9.17) is 25.5 Å². The van der Waals surface area contributed by atoms with Gasteiger partial charge in [-0.25, -0.2) is 14.5 Å². The number of nitrogens with two attached hydrogens (primary N) is 1. The van der Waals surface area contributed by atoms with Gasteiger partial charge in [-0.15, -0.1) is 0 Å². The first kappa shape index (κ1) is 30.4. The zero-order valence-electron chi connectivity index (χ0n) is 19.9. The van der Waals surface area contributed by atoms with Crippen molar-refractivity contribution in [1.29, 1.82) is 0 Å². The second kappa shape index (κ2) is 16.1. The Balaban J connectivity index is 2.84. The van der Waals surface area contributed by atoms with Crippen LogP contribution in [0.4, 0.5) is 4.79 Å². The van der Waals surface area contributed by atoms with Gasteiger partial charge in [-0.3, -0.25) is 14.4 Å². The maximum absolute atomic E-state index is 12.6. The molecule has 2 unspecified atom stereocenters. The Morgan fingerprint density at radius 3 is 2.42 bits per heavy atom. The molecule has 0 radical (unpaired) electrons. The molecule has 2 atom stereocenters. The molecule has 0 saturated heterocycles. The maximum atomic E-state index is 12.6. The summed E-state index contributed by atoms with van der Waals surface area (Å²) in [6, 6.07) is 6.56. The number of imide groups is 1. The molecule has 1 aromatic rings. The van der Waals surface area contributed by atoms with Crippen LogP contribution in [0.1, 0.15) is 25.3 Å². The molecule has 0 fully saturated rings. The number of oxime groups is 1. The van der Waals surface area contributed by atoms with Crippen molar-refractivity contribution in [2.45, 2.75) is 38.5 Å². The number of esters is 1. The molecule has 0 aromatic heterocycles. The largest absolute Gasteiger partial charge is 0.480 e. The van der Waals surface area contributed by atoms with Gasteiger partial charge in [0.25, 0.3) is 5.91 Å². The normalized spacial score (nSPS) is 12.7. The van der Waals surface area contributed by atoms with Crippen molar-refractivity contribution >= 4 is 47.3 Å². The predicted octanol–water partition coefficient (Wildman–Crippen LogP) is 0.669. The lowest BCUT2D eigenvalue weighted by Crippen LogP contribution is -2.50. The van der Waals surface area contributed by atoms with Crippen LogP contribution in [-0.4, -0.2) is 87.9 Å². The second-order valence-corrected chi connectivity index (χ2v) is 8.35. The monoisotopic (exact) mass is 526 g/mol. The zero-order chi connectivity index (χ0) is 27.1. The standard InChI is InChI=1S/C22H30N4O9S/c1-3-34-21(31)17(25-35-11-14-7-5-4-6-8-14)13-36-12-16(19(28)26(2)22(32)33)24-18(27)10-9-15(23)20(29)30/h4-8,15-16H,3,9-13,23H2,1-2H3,(H,24,27)(H,29,30)(H,32,33). The quantitative estimate of drug-likeness (QED) is 0.142. The predicted molar refractivity (Wildman–Crippen MR) is 130 cm³/mol. The molecule has 13 nitrogen and oxygen atoms in total. The number of nitrogens with zero attached hydrogens (tertiary/aromatic N) is 2. The Kier molecular flexibility index (Phi) is 13.6. The molecular weight excluding hydrogens is 496 g/mol. The first-order chi connectivity index (χ1) is 17.1. The van der Waals surface area contributed by atoms with Crippen LogP contribution in [0.2, 0.25) is 0 Å². The highest BCUT2D eigenvalue weighted by atomic mass is 32.2. The van der Waals surface area contributed by atoms with Gasteiger partial charge in [0.15, 0.2) is 5.71 Å². The van der Waals surface area contributed by atoms with Gasteiger partial charge in [-0.2, -0.15) is 11.8 Å². The van der Waals surface area contributed by atoms with Crippen molar-refractivity contribution in [3.05, 3.63) is 35.9 Å². The molecule has 0 bridgehead atoms. The number of aliphatic carboxylic acids is 1. The summed E-state index contributed by atoms with van der Waals surface area (Å²) in [7, 11) is 1.03. The summed E-state index contributed by atoms with van der Waals surface area (Å²) in [5.41, 5.74) is 6.13. The van der Waals surface area contributed by atoms with Gasteiger partial charge < -0.3 is 30.8 Å². The van der Waals surface area contributed by atoms with E-state index in [0.29, 0.717) is 4.90 Å². The Morgan fingerprint density at radius 1 is 1.17 bits per heavy atom. The lowest BCUT2D eigenvalue weighted by Gasteiger charge is -2.21. The number of ether oxygens (including phenoxy) is 1. The number of benzene rings is 1. The fourth-order valence-corrected chi connectivity index (χ4v) is 3.49. The van der Waals surface area contributed by atoms with E-state index < -0.39 is 41.9 Å². The SMILES string of the molecule is CCOC(=O)C(CSCC(NC(=O)CCC(N)C(=O)O)C(=O)N(C)C(=O)O)=NOCc1ccccc1. The number of hydrogen-bond donors (Lipinski definition) is 4. The van der Waals surface area contributed by atoms with Crippen LogP contribution in [0.3, 0.4) is 0 Å². The molecule has 3 amide bonds. The maximum Gasteiger partial charge on any atom is 0.413 e. The van der Waals surface area contributed by atoms with Crippen molar-refractivity contribution in [2.24, 2.45) is 10.9 Å². The van der Waals surface area contributed by atoms with E-state index >= 15 is 0 Å². The van der Waals surface area contributed by atoms with Crippen LogP contribution in [0, 0.1) is 0 Å². The van der Waals surface area contributed by atoms with Crippen LogP contribution in [0.25, 0.3) is 0 Å². The van der Waals surface area contributed by atoms with Gasteiger partial charge in [0.1, 0.15) is 18.7 Å². The number of amides is 3. The molecule has 0 aliphatic heterocycles. The third-order valence-corrected chi connectivity index (χ3v) is 5.58. The molecular formula is C22H30N4O9S. The van der Waals surface area contributed by atoms with Gasteiger partial charge in [-0.1, -0.05) is 35.5 Å². The molecule has 0 saturated carbocycles. The van der Waals surface area contributed by atoms with Crippen molar-refractivity contribution in [3.63, 3.8) is 0 Å². The van der Waals surface area contributed by atoms with Gasteiger partial charge in [0.2, 0.25) is 5.91 Å². The van der Waals surface area contributed by atoms with Gasteiger partial charge in [-0.05, 0) is 18.9 Å². The molecule has 198 valence electrons. The third-order valence-electron chi connectivity index (χ3n) is 4.53. The number of carbonyl (C=O) groups is 5. The van der Waals surface area contributed by atoms with Gasteiger partial charge >= 0.3 is 18.0 Å². The van der Waals surface area contributed by atoms with E-state index in [1.165, 1.54) is 0 Å². The average molecular weight is 527 g/mol. The molecule has 0 heterocycles. The number of carboxylic acids is 1. The second-order valence-electron chi connectivity index (χ2n) is 7.32. The molecule has 5 N–H and O–H groups in total. The van der Waals surface area contributed by atoms with Crippen LogP contribution >= 0.6 is 11.8 Å². The van der Waals surface area contributed by atoms with Crippen LogP contribution in [0.15, 0.2) is 35.5 Å². The Morgan fingerprint density at radius 2 is 1.83 bits per heavy atom. The molecule has 14 heteroatoms. The van der Waals surface area contributed by atoms with Crippen LogP contribution in [-0.2, 0) is 35.4 Å². The number of thioether (sulfide) groups is 1. The number of carboxylic acid groups (broad SMARTS) is 2. The van der Waals surface area contributed by atoms with E-state index in [1.807, 2.05) is 30.3 Å². The molecule has 0 aliphatic carbocycles. The average Bonchev–Trinajstić information content (AvgIpc) is 2.85. The van der Waals surface area contributed by atoms with E-state index in [9.17, 15) is 24.0 Å². The zero-order valence-corrected chi connectivity index (χ0v) is 20.7. The molecule has 1 rings (SSSR count). The highest BCUT2D eigenvalue weighted by Crippen LogP contribution is 2.10. The highest BCUT2D eigenvalue weighted by Gasteiger charge is 2.28. The van der Waals surface area contributed by atoms with Gasteiger partial charge in [0.05, 0.1) is 6.61 Å². The summed E-state index contributed by atoms with van der Waals surface area (Å²) in [5, 5.41) is 24.2. The molecule has 1 aromatic carbocycles. The van der Waals surface area contributed by atoms with E-state index in [0.717, 1.165) is 24.4 Å². The summed E-state index contributed by atoms with van der Waals surface area (Å²) >= 11 is 1.01. The minimum absolute atomic E-state index is 0.0616. The summed E-state index contributed by atoms with van der Waals surface area (Å²) in [6.07, 6.45) is -2.00. The van der Waals surface area contributed by atoms with Gasteiger partial charge in [0, 0.05) is 25.0 Å². The van der Waals surface area contributed by atoms with E-state index in [2.05, 4.69) is 10.5 Å². The number of rotatable bonds is 15. The number of hydrogen-bond acceptors (Lipinski definition) is 10. The smallest absolute Gasteiger partial charge is 0.413 e. The lowest BCUT2D eigenvalue weighted by molar-refractivity contribution is -0.139. The Bertz CT molecular complexity index is 943. The fraction of sp³-hybridized carbons (Fsp3) is 0.455. The topological polar surface area (TPSA) is 198 Å². The number of nitrogens with one attached hydrogen (secondary N) is 1. The van der Waals surface area contributed by atoms with Crippen LogP contribution < -0.4 is 11.1 Å². The number of carbonyl (C=O) groups excluding carboxylic acids is 3.